The topological polar surface area (TPSA) is 94.6 Å². The van der Waals surface area contributed by atoms with Crippen LogP contribution in [-0.2, 0) is 14.4 Å². The van der Waals surface area contributed by atoms with E-state index in [9.17, 15) is 14.4 Å². The summed E-state index contributed by atoms with van der Waals surface area (Å²) in [7, 11) is 1.47. The number of hydroxylamine groups is 1. The van der Waals surface area contributed by atoms with E-state index >= 15 is 0 Å². The minimum Gasteiger partial charge on any atom is -0.493 e. The third-order valence-electron chi connectivity index (χ3n) is 7.27. The number of anilines is 2. The van der Waals surface area contributed by atoms with Gasteiger partial charge in [0.15, 0.2) is 17.6 Å². The molecule has 0 aliphatic carbocycles. The van der Waals surface area contributed by atoms with E-state index in [4.69, 9.17) is 19.0 Å². The Morgan fingerprint density at radius 2 is 1.50 bits per heavy atom. The number of fused-ring (bicyclic) bond motifs is 1. The molecule has 42 heavy (non-hydrogen) atoms. The molecule has 0 radical (unpaired) electrons. The van der Waals surface area contributed by atoms with Gasteiger partial charge >= 0.3 is 5.97 Å². The number of methoxy groups -OCH3 is 1. The van der Waals surface area contributed by atoms with Crippen LogP contribution >= 0.6 is 0 Å². The predicted octanol–water partition coefficient (Wildman–Crippen LogP) is 5.36. The highest BCUT2D eigenvalue weighted by atomic mass is 16.7. The monoisotopic (exact) mass is 564 g/mol. The highest BCUT2D eigenvalue weighted by Crippen LogP contribution is 2.49. The van der Waals surface area contributed by atoms with Crippen molar-refractivity contribution in [1.29, 1.82) is 0 Å². The number of esters is 1. The average molecular weight is 565 g/mol. The number of nitrogens with zero attached hydrogens (tertiary/aromatic N) is 2. The van der Waals surface area contributed by atoms with Crippen molar-refractivity contribution in [3.63, 3.8) is 0 Å². The summed E-state index contributed by atoms with van der Waals surface area (Å²) in [6.07, 6.45) is -1.06. The lowest BCUT2D eigenvalue weighted by atomic mass is 9.90. The van der Waals surface area contributed by atoms with Gasteiger partial charge in [-0.2, -0.15) is 0 Å². The summed E-state index contributed by atoms with van der Waals surface area (Å²) in [5.74, 6) is -1.32. The number of carbonyl (C=O) groups is 3. The fraction of sp³-hybridized carbons (Fsp3) is 0.182. The van der Waals surface area contributed by atoms with Crippen LogP contribution in [0.4, 0.5) is 11.4 Å². The van der Waals surface area contributed by atoms with Crippen LogP contribution in [0.1, 0.15) is 28.9 Å². The smallest absolute Gasteiger partial charge is 0.343 e. The van der Waals surface area contributed by atoms with E-state index in [1.54, 1.807) is 71.8 Å². The molecule has 0 saturated carbocycles. The predicted molar refractivity (Wildman–Crippen MR) is 155 cm³/mol. The van der Waals surface area contributed by atoms with Crippen molar-refractivity contribution in [2.24, 2.45) is 5.92 Å². The summed E-state index contributed by atoms with van der Waals surface area (Å²) < 4.78 is 17.0. The van der Waals surface area contributed by atoms with Gasteiger partial charge in [0.05, 0.1) is 36.7 Å². The van der Waals surface area contributed by atoms with E-state index in [1.165, 1.54) is 7.11 Å². The normalized spacial score (nSPS) is 19.5. The molecule has 2 saturated heterocycles. The molecule has 0 unspecified atom stereocenters. The average Bonchev–Trinajstić information content (AvgIpc) is 3.54. The van der Waals surface area contributed by atoms with Crippen molar-refractivity contribution < 1.29 is 33.4 Å². The minimum atomic E-state index is -1.06. The van der Waals surface area contributed by atoms with Gasteiger partial charge in [-0.15, -0.1) is 0 Å². The molecule has 0 N–H and O–H groups in total. The second-order valence-corrected chi connectivity index (χ2v) is 9.74. The maximum Gasteiger partial charge on any atom is 0.343 e. The van der Waals surface area contributed by atoms with Crippen LogP contribution in [0.15, 0.2) is 103 Å². The fourth-order valence-corrected chi connectivity index (χ4v) is 5.39. The second-order valence-electron chi connectivity index (χ2n) is 9.74. The SMILES string of the molecule is CCOc1ccccc1N1C(=O)[C@@H]2[C@H](ON(c3ccccc3)[C@@H]2c2ccc(OC(=O)c3ccccc3)c(OC)c2)C1=O. The number of hydrogen-bond acceptors (Lipinski definition) is 8. The first kappa shape index (κ1) is 27.0. The quantitative estimate of drug-likeness (QED) is 0.160. The highest BCUT2D eigenvalue weighted by Gasteiger charge is 2.60. The number of carbonyl (C=O) groups excluding carboxylic acids is 3. The van der Waals surface area contributed by atoms with Gasteiger partial charge in [-0.25, -0.2) is 14.8 Å². The molecule has 0 spiro atoms. The Hall–Kier alpha value is -5.15. The van der Waals surface area contributed by atoms with Crippen LogP contribution in [-0.4, -0.2) is 37.6 Å². The van der Waals surface area contributed by atoms with Crippen LogP contribution in [0.5, 0.6) is 17.2 Å². The lowest BCUT2D eigenvalue weighted by molar-refractivity contribution is -0.126. The Kier molecular flexibility index (Phi) is 7.33. The molecule has 9 heteroatoms. The maximum atomic E-state index is 14.1. The molecule has 4 aromatic carbocycles. The zero-order valence-electron chi connectivity index (χ0n) is 23.0. The van der Waals surface area contributed by atoms with Crippen LogP contribution < -0.4 is 24.2 Å². The molecule has 212 valence electrons. The molecule has 0 aromatic heterocycles. The molecular weight excluding hydrogens is 536 g/mol. The van der Waals surface area contributed by atoms with Gasteiger partial charge in [-0.3, -0.25) is 14.4 Å². The van der Waals surface area contributed by atoms with Crippen molar-refractivity contribution in [3.8, 4) is 17.2 Å². The molecule has 3 atom stereocenters. The van der Waals surface area contributed by atoms with Gasteiger partial charge in [0.1, 0.15) is 11.7 Å². The molecule has 2 heterocycles. The molecule has 2 amide bonds. The van der Waals surface area contributed by atoms with Gasteiger partial charge in [-0.05, 0) is 61.0 Å². The van der Waals surface area contributed by atoms with Crippen molar-refractivity contribution in [2.45, 2.75) is 19.1 Å². The maximum absolute atomic E-state index is 14.1. The Labute approximate surface area is 242 Å². The third kappa shape index (κ3) is 4.73. The van der Waals surface area contributed by atoms with Gasteiger partial charge < -0.3 is 14.2 Å². The van der Waals surface area contributed by atoms with Crippen LogP contribution in [0.25, 0.3) is 0 Å². The van der Waals surface area contributed by atoms with Gasteiger partial charge in [0, 0.05) is 0 Å². The van der Waals surface area contributed by atoms with Gasteiger partial charge in [-0.1, -0.05) is 54.6 Å². The molecule has 2 aliphatic heterocycles. The summed E-state index contributed by atoms with van der Waals surface area (Å²) in [4.78, 5) is 48.0. The number of benzene rings is 4. The first-order valence-electron chi connectivity index (χ1n) is 13.6. The zero-order chi connectivity index (χ0) is 29.2. The number of hydrogen-bond donors (Lipinski definition) is 0. The van der Waals surface area contributed by atoms with Crippen molar-refractivity contribution in [3.05, 3.63) is 114 Å². The number of rotatable bonds is 8. The van der Waals surface area contributed by atoms with Crippen molar-refractivity contribution >= 4 is 29.2 Å². The second kappa shape index (κ2) is 11.4. The zero-order valence-corrected chi connectivity index (χ0v) is 23.0. The van der Waals surface area contributed by atoms with E-state index in [-0.39, 0.29) is 5.75 Å². The Balaban J connectivity index is 1.38. The Morgan fingerprint density at radius 3 is 2.21 bits per heavy atom. The Bertz CT molecular complexity index is 1630. The summed E-state index contributed by atoms with van der Waals surface area (Å²) in [6, 6.07) is 29.2. The molecule has 0 bridgehead atoms. The standard InChI is InChI=1S/C33H28N2O7/c1-3-40-25-17-11-10-16-24(25)34-31(36)28-29(35(42-30(28)32(34)37)23-14-8-5-9-15-23)22-18-19-26(27(20-22)39-2)41-33(38)21-12-6-4-7-13-21/h4-20,28-30H,3H2,1-2H3/t28-,29+,30-/m0/s1. The lowest BCUT2D eigenvalue weighted by Gasteiger charge is -2.29. The first-order valence-corrected chi connectivity index (χ1v) is 13.6. The van der Waals surface area contributed by atoms with E-state index in [1.807, 2.05) is 43.3 Å². The van der Waals surface area contributed by atoms with E-state index in [0.717, 1.165) is 4.90 Å². The molecular formula is C33H28N2O7. The molecule has 2 aliphatic rings. The molecule has 6 rings (SSSR count). The highest BCUT2D eigenvalue weighted by molar-refractivity contribution is 6.24. The molecule has 4 aromatic rings. The number of amides is 2. The third-order valence-corrected chi connectivity index (χ3v) is 7.27. The van der Waals surface area contributed by atoms with Crippen molar-refractivity contribution in [1.82, 2.24) is 0 Å². The van der Waals surface area contributed by atoms with E-state index in [0.29, 0.717) is 40.6 Å². The van der Waals surface area contributed by atoms with Gasteiger partial charge in [0.2, 0.25) is 5.91 Å². The summed E-state index contributed by atoms with van der Waals surface area (Å²) in [5.41, 5.74) is 2.09. The van der Waals surface area contributed by atoms with Gasteiger partial charge in [0.25, 0.3) is 5.91 Å². The number of ether oxygens (including phenoxy) is 3. The summed E-state index contributed by atoms with van der Waals surface area (Å²) in [5, 5.41) is 1.60. The molecule has 2 fully saturated rings. The Morgan fingerprint density at radius 1 is 0.810 bits per heavy atom. The lowest BCUT2D eigenvalue weighted by Crippen LogP contribution is -2.37. The van der Waals surface area contributed by atoms with Crippen LogP contribution in [0.3, 0.4) is 0 Å². The summed E-state index contributed by atoms with van der Waals surface area (Å²) >= 11 is 0. The van der Waals surface area contributed by atoms with E-state index in [2.05, 4.69) is 0 Å². The largest absolute Gasteiger partial charge is 0.493 e. The van der Waals surface area contributed by atoms with Crippen LogP contribution in [0.2, 0.25) is 0 Å². The number of para-hydroxylation sites is 3. The van der Waals surface area contributed by atoms with Crippen molar-refractivity contribution in [2.75, 3.05) is 23.7 Å². The van der Waals surface area contributed by atoms with Crippen LogP contribution in [0, 0.1) is 5.92 Å². The fourth-order valence-electron chi connectivity index (χ4n) is 5.39. The van der Waals surface area contributed by atoms with E-state index < -0.39 is 35.8 Å². The summed E-state index contributed by atoms with van der Waals surface area (Å²) in [6.45, 7) is 2.21. The molecule has 9 nitrogen and oxygen atoms in total. The first-order chi connectivity index (χ1) is 20.5. The number of imide groups is 1. The minimum absolute atomic E-state index is 0.220.